The van der Waals surface area contributed by atoms with Crippen LogP contribution in [0.15, 0.2) is 103 Å². The van der Waals surface area contributed by atoms with Crippen molar-refractivity contribution < 1.29 is 4.79 Å². The Balaban J connectivity index is 1.61. The lowest BCUT2D eigenvalue weighted by molar-refractivity contribution is -0.121. The summed E-state index contributed by atoms with van der Waals surface area (Å²) in [6, 6.07) is 30.1. The fraction of sp³-hybridized carbons (Fsp3) is 0.154. The Morgan fingerprint density at radius 2 is 1.33 bits per heavy atom. The highest BCUT2D eigenvalue weighted by atomic mass is 16.1. The third kappa shape index (κ3) is 4.49. The maximum atomic E-state index is 13.2. The molecule has 0 radical (unpaired) electrons. The van der Waals surface area contributed by atoms with E-state index in [2.05, 4.69) is 34.6 Å². The Hall–Kier alpha value is -3.66. The zero-order valence-corrected chi connectivity index (χ0v) is 17.0. The van der Waals surface area contributed by atoms with Crippen molar-refractivity contribution in [3.63, 3.8) is 0 Å². The van der Waals surface area contributed by atoms with Crippen LogP contribution in [0.4, 0.5) is 0 Å². The van der Waals surface area contributed by atoms with E-state index in [0.717, 1.165) is 22.5 Å². The van der Waals surface area contributed by atoms with E-state index in [-0.39, 0.29) is 17.9 Å². The summed E-state index contributed by atoms with van der Waals surface area (Å²) in [5.41, 5.74) is 3.27. The molecular weight excluding hydrogens is 370 g/mol. The Kier molecular flexibility index (Phi) is 6.04. The number of rotatable bonds is 7. The topological polar surface area (TPSA) is 46.9 Å². The van der Waals surface area contributed by atoms with Gasteiger partial charge in [0, 0.05) is 31.8 Å². The summed E-state index contributed by atoms with van der Waals surface area (Å²) in [7, 11) is 1.95. The second kappa shape index (κ2) is 9.23. The van der Waals surface area contributed by atoms with Gasteiger partial charge in [-0.05, 0) is 16.7 Å². The molecule has 1 heterocycles. The smallest absolute Gasteiger partial charge is 0.221 e. The molecular formula is C26H25N3O. The molecule has 0 aliphatic heterocycles. The van der Waals surface area contributed by atoms with Crippen LogP contribution in [0.25, 0.3) is 0 Å². The molecule has 0 saturated heterocycles. The molecule has 1 aromatic heterocycles. The van der Waals surface area contributed by atoms with Gasteiger partial charge < -0.3 is 9.88 Å². The van der Waals surface area contributed by atoms with Gasteiger partial charge in [-0.1, -0.05) is 91.0 Å². The van der Waals surface area contributed by atoms with Crippen LogP contribution in [0, 0.1) is 0 Å². The second-order valence-electron chi connectivity index (χ2n) is 7.39. The maximum Gasteiger partial charge on any atom is 0.221 e. The van der Waals surface area contributed by atoms with E-state index in [4.69, 9.17) is 0 Å². The summed E-state index contributed by atoms with van der Waals surface area (Å²) in [4.78, 5) is 17.7. The molecule has 30 heavy (non-hydrogen) atoms. The number of benzene rings is 3. The summed E-state index contributed by atoms with van der Waals surface area (Å²) < 4.78 is 1.95. The van der Waals surface area contributed by atoms with Gasteiger partial charge in [0.2, 0.25) is 5.91 Å². The zero-order valence-electron chi connectivity index (χ0n) is 17.0. The Bertz CT molecular complexity index is 1040. The molecule has 0 aliphatic carbocycles. The number of aryl methyl sites for hydroxylation is 1. The summed E-state index contributed by atoms with van der Waals surface area (Å²) in [5, 5.41) is 3.22. The van der Waals surface area contributed by atoms with Gasteiger partial charge in [0.05, 0.1) is 0 Å². The monoisotopic (exact) mass is 395 g/mol. The van der Waals surface area contributed by atoms with Crippen LogP contribution in [0.3, 0.4) is 0 Å². The van der Waals surface area contributed by atoms with Gasteiger partial charge in [0.15, 0.2) is 0 Å². The van der Waals surface area contributed by atoms with Crippen LogP contribution >= 0.6 is 0 Å². The quantitative estimate of drug-likeness (QED) is 0.486. The van der Waals surface area contributed by atoms with Crippen LogP contribution in [0.2, 0.25) is 0 Å². The first-order chi connectivity index (χ1) is 14.7. The maximum absolute atomic E-state index is 13.2. The molecule has 4 rings (SSSR count). The lowest BCUT2D eigenvalue weighted by atomic mass is 9.88. The lowest BCUT2D eigenvalue weighted by Crippen LogP contribution is -2.32. The molecule has 0 fully saturated rings. The summed E-state index contributed by atoms with van der Waals surface area (Å²) >= 11 is 0. The van der Waals surface area contributed by atoms with Gasteiger partial charge in [-0.3, -0.25) is 4.79 Å². The SMILES string of the molecule is Cn1ccnc1C(NC(=O)CC(c1ccccc1)c1ccccc1)c1ccccc1. The number of carbonyl (C=O) groups is 1. The van der Waals surface area contributed by atoms with Crippen molar-refractivity contribution in [1.82, 2.24) is 14.9 Å². The van der Waals surface area contributed by atoms with Gasteiger partial charge >= 0.3 is 0 Å². The van der Waals surface area contributed by atoms with E-state index in [9.17, 15) is 4.79 Å². The Morgan fingerprint density at radius 3 is 1.80 bits per heavy atom. The van der Waals surface area contributed by atoms with Gasteiger partial charge in [0.25, 0.3) is 0 Å². The molecule has 150 valence electrons. The van der Waals surface area contributed by atoms with Gasteiger partial charge in [0.1, 0.15) is 11.9 Å². The standard InChI is InChI=1S/C26H25N3O/c1-29-18-17-27-26(29)25(22-15-9-4-10-16-22)28-24(30)19-23(20-11-5-2-6-12-20)21-13-7-3-8-14-21/h2-18,23,25H,19H2,1H3,(H,28,30). The minimum absolute atomic E-state index is 0.00908. The molecule has 1 unspecified atom stereocenters. The molecule has 4 heteroatoms. The van der Waals surface area contributed by atoms with Gasteiger partial charge in [-0.25, -0.2) is 4.98 Å². The third-order valence-electron chi connectivity index (χ3n) is 5.35. The molecule has 1 atom stereocenters. The molecule has 0 spiro atoms. The van der Waals surface area contributed by atoms with Gasteiger partial charge in [-0.15, -0.1) is 0 Å². The first-order valence-corrected chi connectivity index (χ1v) is 10.1. The summed E-state index contributed by atoms with van der Waals surface area (Å²) in [6.45, 7) is 0. The first kappa shape index (κ1) is 19.6. The minimum Gasteiger partial charge on any atom is -0.342 e. The second-order valence-corrected chi connectivity index (χ2v) is 7.39. The van der Waals surface area contributed by atoms with Crippen LogP contribution < -0.4 is 5.32 Å². The lowest BCUT2D eigenvalue weighted by Gasteiger charge is -2.22. The Morgan fingerprint density at radius 1 is 0.833 bits per heavy atom. The molecule has 4 nitrogen and oxygen atoms in total. The number of amides is 1. The van der Waals surface area contributed by atoms with Crippen LogP contribution in [0.5, 0.6) is 0 Å². The number of carbonyl (C=O) groups excluding carboxylic acids is 1. The number of nitrogens with zero attached hydrogens (tertiary/aromatic N) is 2. The van der Waals surface area contributed by atoms with E-state index in [0.29, 0.717) is 6.42 Å². The van der Waals surface area contributed by atoms with Crippen molar-refractivity contribution in [1.29, 1.82) is 0 Å². The van der Waals surface area contributed by atoms with Gasteiger partial charge in [-0.2, -0.15) is 0 Å². The van der Waals surface area contributed by atoms with Crippen LogP contribution in [-0.2, 0) is 11.8 Å². The van der Waals surface area contributed by atoms with Crippen molar-refractivity contribution in [2.24, 2.45) is 7.05 Å². The highest BCUT2D eigenvalue weighted by Gasteiger charge is 2.24. The summed E-state index contributed by atoms with van der Waals surface area (Å²) in [5.74, 6) is 0.792. The fourth-order valence-corrected chi connectivity index (χ4v) is 3.80. The molecule has 0 saturated carbocycles. The van der Waals surface area contributed by atoms with E-state index >= 15 is 0 Å². The van der Waals surface area contributed by atoms with Crippen molar-refractivity contribution in [3.8, 4) is 0 Å². The molecule has 1 amide bonds. The number of hydrogen-bond donors (Lipinski definition) is 1. The predicted octanol–water partition coefficient (Wildman–Crippen LogP) is 4.85. The zero-order chi connectivity index (χ0) is 20.8. The first-order valence-electron chi connectivity index (χ1n) is 10.1. The van der Waals surface area contributed by atoms with Crippen molar-refractivity contribution in [2.75, 3.05) is 0 Å². The van der Waals surface area contributed by atoms with E-state index in [1.807, 2.05) is 84.5 Å². The molecule has 4 aromatic rings. The predicted molar refractivity (Wildman–Crippen MR) is 119 cm³/mol. The normalized spacial score (nSPS) is 11.9. The number of nitrogens with one attached hydrogen (secondary N) is 1. The fourth-order valence-electron chi connectivity index (χ4n) is 3.80. The van der Waals surface area contributed by atoms with Crippen LogP contribution in [-0.4, -0.2) is 15.5 Å². The number of aromatic nitrogens is 2. The molecule has 0 bridgehead atoms. The largest absolute Gasteiger partial charge is 0.342 e. The Labute approximate surface area is 177 Å². The number of hydrogen-bond acceptors (Lipinski definition) is 2. The third-order valence-corrected chi connectivity index (χ3v) is 5.35. The summed E-state index contributed by atoms with van der Waals surface area (Å²) in [6.07, 6.45) is 4.02. The average Bonchev–Trinajstić information content (AvgIpc) is 3.23. The molecule has 1 N–H and O–H groups in total. The van der Waals surface area contributed by atoms with E-state index in [1.54, 1.807) is 6.20 Å². The van der Waals surface area contributed by atoms with Crippen LogP contribution in [0.1, 0.15) is 40.9 Å². The highest BCUT2D eigenvalue weighted by Crippen LogP contribution is 2.29. The average molecular weight is 396 g/mol. The minimum atomic E-state index is -0.300. The van der Waals surface area contributed by atoms with E-state index < -0.39 is 0 Å². The van der Waals surface area contributed by atoms with E-state index in [1.165, 1.54) is 0 Å². The number of imidazole rings is 1. The van der Waals surface area contributed by atoms with Crippen molar-refractivity contribution in [3.05, 3.63) is 126 Å². The van der Waals surface area contributed by atoms with Crippen molar-refractivity contribution in [2.45, 2.75) is 18.4 Å². The molecule has 3 aromatic carbocycles. The molecule has 0 aliphatic rings. The van der Waals surface area contributed by atoms with Crippen molar-refractivity contribution >= 4 is 5.91 Å². The highest BCUT2D eigenvalue weighted by molar-refractivity contribution is 5.78.